The number of anilines is 2. The standard InChI is InChI=1S/C23H18F2N4O3/c1-29-18-7-13(12-5-6-12)14(8-19(18)32-11-21(29)30)17-9-27-20(10-26-17)28-23(31)22-15(24)3-2-4-16(22)25/h2-4,7-10,12H,5-6,11H2,1H3,(H,27,28,31). The van der Waals surface area contributed by atoms with Gasteiger partial charge in [0.2, 0.25) is 0 Å². The van der Waals surface area contributed by atoms with E-state index in [1.165, 1.54) is 18.5 Å². The van der Waals surface area contributed by atoms with Crippen LogP contribution in [-0.2, 0) is 4.79 Å². The maximum Gasteiger partial charge on any atom is 0.264 e. The molecule has 0 unspecified atom stereocenters. The Bertz CT molecular complexity index is 1220. The molecule has 0 radical (unpaired) electrons. The van der Waals surface area contributed by atoms with Gasteiger partial charge >= 0.3 is 0 Å². The molecule has 2 heterocycles. The van der Waals surface area contributed by atoms with E-state index >= 15 is 0 Å². The number of hydrogen-bond donors (Lipinski definition) is 1. The van der Waals surface area contributed by atoms with Gasteiger partial charge < -0.3 is 15.0 Å². The summed E-state index contributed by atoms with van der Waals surface area (Å²) >= 11 is 0. The lowest BCUT2D eigenvalue weighted by atomic mass is 9.98. The molecular weight excluding hydrogens is 418 g/mol. The molecule has 0 spiro atoms. The van der Waals surface area contributed by atoms with E-state index in [1.54, 1.807) is 11.9 Å². The molecule has 1 fully saturated rings. The van der Waals surface area contributed by atoms with Crippen LogP contribution >= 0.6 is 0 Å². The Kier molecular flexibility index (Phi) is 4.80. The fraction of sp³-hybridized carbons (Fsp3) is 0.217. The van der Waals surface area contributed by atoms with E-state index in [4.69, 9.17) is 4.74 Å². The molecular formula is C23H18F2N4O3. The minimum absolute atomic E-state index is 0.0328. The third-order valence-corrected chi connectivity index (χ3v) is 5.59. The van der Waals surface area contributed by atoms with Gasteiger partial charge in [-0.15, -0.1) is 0 Å². The van der Waals surface area contributed by atoms with Crippen molar-refractivity contribution in [2.75, 3.05) is 23.9 Å². The van der Waals surface area contributed by atoms with Crippen LogP contribution in [0.25, 0.3) is 11.3 Å². The van der Waals surface area contributed by atoms with Gasteiger partial charge in [0.25, 0.3) is 11.8 Å². The predicted octanol–water partition coefficient (Wildman–Crippen LogP) is 3.91. The molecule has 5 rings (SSSR count). The molecule has 0 atom stereocenters. The number of carbonyl (C=O) groups is 2. The van der Waals surface area contributed by atoms with Gasteiger partial charge in [0, 0.05) is 12.6 Å². The summed E-state index contributed by atoms with van der Waals surface area (Å²) in [4.78, 5) is 34.4. The molecule has 3 aromatic rings. The van der Waals surface area contributed by atoms with Crippen LogP contribution < -0.4 is 15.0 Å². The number of halogens is 2. The van der Waals surface area contributed by atoms with Crippen molar-refractivity contribution < 1.29 is 23.1 Å². The van der Waals surface area contributed by atoms with E-state index < -0.39 is 23.1 Å². The maximum absolute atomic E-state index is 13.8. The van der Waals surface area contributed by atoms with Crippen LogP contribution in [0, 0.1) is 11.6 Å². The van der Waals surface area contributed by atoms with E-state index in [-0.39, 0.29) is 18.3 Å². The number of nitrogens with zero attached hydrogens (tertiary/aromatic N) is 3. The largest absolute Gasteiger partial charge is 0.482 e. The summed E-state index contributed by atoms with van der Waals surface area (Å²) in [5.74, 6) is -1.97. The number of ether oxygens (including phenoxy) is 1. The number of carbonyl (C=O) groups excluding carboxylic acids is 2. The second kappa shape index (κ2) is 7.67. The molecule has 162 valence electrons. The molecule has 2 amide bonds. The third-order valence-electron chi connectivity index (χ3n) is 5.59. The van der Waals surface area contributed by atoms with E-state index in [0.717, 1.165) is 41.8 Å². The molecule has 1 aliphatic heterocycles. The Labute approximate surface area is 182 Å². The number of amides is 2. The average Bonchev–Trinajstić information content (AvgIpc) is 3.61. The van der Waals surface area contributed by atoms with Crippen molar-refractivity contribution >= 4 is 23.3 Å². The number of likely N-dealkylation sites (N-methyl/N-ethyl adjacent to an activating group) is 1. The highest BCUT2D eigenvalue weighted by Crippen LogP contribution is 2.48. The summed E-state index contributed by atoms with van der Waals surface area (Å²) in [6, 6.07) is 7.01. The normalized spacial score (nSPS) is 15.2. The summed E-state index contributed by atoms with van der Waals surface area (Å²) in [5.41, 5.74) is 2.48. The van der Waals surface area contributed by atoms with Gasteiger partial charge in [0.05, 0.1) is 23.8 Å². The van der Waals surface area contributed by atoms with Crippen molar-refractivity contribution in [3.05, 3.63) is 65.5 Å². The van der Waals surface area contributed by atoms with Gasteiger partial charge in [-0.2, -0.15) is 0 Å². The van der Waals surface area contributed by atoms with Crippen LogP contribution in [0.3, 0.4) is 0 Å². The molecule has 9 heteroatoms. The Morgan fingerprint density at radius 1 is 1.16 bits per heavy atom. The van der Waals surface area contributed by atoms with Crippen LogP contribution in [0.1, 0.15) is 34.7 Å². The lowest BCUT2D eigenvalue weighted by Crippen LogP contribution is -2.35. The molecule has 1 saturated carbocycles. The predicted molar refractivity (Wildman–Crippen MR) is 113 cm³/mol. The molecule has 1 N–H and O–H groups in total. The lowest BCUT2D eigenvalue weighted by Gasteiger charge is -2.27. The van der Waals surface area contributed by atoms with Crippen LogP contribution in [0.15, 0.2) is 42.7 Å². The van der Waals surface area contributed by atoms with E-state index in [0.29, 0.717) is 17.4 Å². The SMILES string of the molecule is CN1C(=O)COc2cc(-c3cnc(NC(=O)c4c(F)cccc4F)cn3)c(C3CC3)cc21. The van der Waals surface area contributed by atoms with Crippen LogP contribution in [0.4, 0.5) is 20.3 Å². The second-order valence-electron chi connectivity index (χ2n) is 7.76. The fourth-order valence-corrected chi connectivity index (χ4v) is 3.71. The lowest BCUT2D eigenvalue weighted by molar-refractivity contribution is -0.120. The van der Waals surface area contributed by atoms with Crippen LogP contribution in [-0.4, -0.2) is 35.4 Å². The summed E-state index contributed by atoms with van der Waals surface area (Å²) in [6.07, 6.45) is 4.90. The van der Waals surface area contributed by atoms with Gasteiger partial charge in [0.15, 0.2) is 12.4 Å². The quantitative estimate of drug-likeness (QED) is 0.671. The molecule has 1 aliphatic carbocycles. The average molecular weight is 436 g/mol. The number of rotatable bonds is 4. The molecule has 0 saturated heterocycles. The minimum Gasteiger partial charge on any atom is -0.482 e. The van der Waals surface area contributed by atoms with Gasteiger partial charge in [-0.25, -0.2) is 13.8 Å². The first-order chi connectivity index (χ1) is 15.4. The van der Waals surface area contributed by atoms with Crippen molar-refractivity contribution in [3.8, 4) is 17.0 Å². The van der Waals surface area contributed by atoms with Gasteiger partial charge in [-0.3, -0.25) is 14.6 Å². The van der Waals surface area contributed by atoms with Crippen molar-refractivity contribution in [2.24, 2.45) is 0 Å². The zero-order chi connectivity index (χ0) is 22.4. The molecule has 32 heavy (non-hydrogen) atoms. The number of fused-ring (bicyclic) bond motifs is 1. The highest BCUT2D eigenvalue weighted by Gasteiger charge is 2.31. The molecule has 2 aliphatic rings. The Morgan fingerprint density at radius 2 is 1.91 bits per heavy atom. The van der Waals surface area contributed by atoms with E-state index in [2.05, 4.69) is 15.3 Å². The zero-order valence-electron chi connectivity index (χ0n) is 17.1. The zero-order valence-corrected chi connectivity index (χ0v) is 17.1. The van der Waals surface area contributed by atoms with Crippen LogP contribution in [0.2, 0.25) is 0 Å². The first kappa shape index (κ1) is 20.0. The summed E-state index contributed by atoms with van der Waals surface area (Å²) in [7, 11) is 1.72. The number of aromatic nitrogens is 2. The number of nitrogens with one attached hydrogen (secondary N) is 1. The number of benzene rings is 2. The van der Waals surface area contributed by atoms with Crippen LogP contribution in [0.5, 0.6) is 5.75 Å². The summed E-state index contributed by atoms with van der Waals surface area (Å²) in [6.45, 7) is -0.0328. The highest BCUT2D eigenvalue weighted by molar-refractivity contribution is 6.04. The van der Waals surface area contributed by atoms with Gasteiger partial charge in [-0.05, 0) is 48.6 Å². The summed E-state index contributed by atoms with van der Waals surface area (Å²) < 4.78 is 33.3. The highest BCUT2D eigenvalue weighted by atomic mass is 19.1. The summed E-state index contributed by atoms with van der Waals surface area (Å²) in [5, 5.41) is 2.37. The van der Waals surface area contributed by atoms with E-state index in [1.807, 2.05) is 12.1 Å². The minimum atomic E-state index is -0.960. The Balaban J connectivity index is 1.44. The monoisotopic (exact) mass is 436 g/mol. The molecule has 7 nitrogen and oxygen atoms in total. The molecule has 0 bridgehead atoms. The molecule has 1 aromatic heterocycles. The third kappa shape index (κ3) is 3.55. The Morgan fingerprint density at radius 3 is 2.56 bits per heavy atom. The van der Waals surface area contributed by atoms with Crippen molar-refractivity contribution in [3.63, 3.8) is 0 Å². The van der Waals surface area contributed by atoms with Gasteiger partial charge in [0.1, 0.15) is 22.9 Å². The smallest absolute Gasteiger partial charge is 0.264 e. The number of hydrogen-bond acceptors (Lipinski definition) is 5. The second-order valence-corrected chi connectivity index (χ2v) is 7.76. The van der Waals surface area contributed by atoms with E-state index in [9.17, 15) is 18.4 Å². The maximum atomic E-state index is 13.8. The first-order valence-corrected chi connectivity index (χ1v) is 10.1. The molecule has 2 aromatic carbocycles. The van der Waals surface area contributed by atoms with Crippen molar-refractivity contribution in [1.82, 2.24) is 9.97 Å². The fourth-order valence-electron chi connectivity index (χ4n) is 3.71. The van der Waals surface area contributed by atoms with Gasteiger partial charge in [-0.1, -0.05) is 6.07 Å². The topological polar surface area (TPSA) is 84.4 Å². The van der Waals surface area contributed by atoms with Crippen molar-refractivity contribution in [2.45, 2.75) is 18.8 Å². The first-order valence-electron chi connectivity index (χ1n) is 10.1. The Hall–Kier alpha value is -3.88. The van der Waals surface area contributed by atoms with Crippen molar-refractivity contribution in [1.29, 1.82) is 0 Å².